The number of likely N-dealkylation sites (N-methyl/N-ethyl adjacent to an activating group) is 1. The van der Waals surface area contributed by atoms with Gasteiger partial charge in [0.05, 0.1) is 4.34 Å². The molecule has 3 rings (SSSR count). The maximum atomic E-state index is 6.19. The Morgan fingerprint density at radius 1 is 1.33 bits per heavy atom. The number of hydrogen-bond acceptors (Lipinski definition) is 3. The van der Waals surface area contributed by atoms with Gasteiger partial charge in [-0.1, -0.05) is 11.6 Å². The van der Waals surface area contributed by atoms with Gasteiger partial charge in [0, 0.05) is 23.5 Å². The molecule has 4 heteroatoms. The zero-order valence-corrected chi connectivity index (χ0v) is 12.4. The van der Waals surface area contributed by atoms with Gasteiger partial charge in [-0.25, -0.2) is 0 Å². The molecule has 0 saturated heterocycles. The summed E-state index contributed by atoms with van der Waals surface area (Å²) in [6.45, 7) is 1.79. The minimum absolute atomic E-state index is 0.260. The van der Waals surface area contributed by atoms with Gasteiger partial charge in [0.1, 0.15) is 0 Å². The molecule has 1 aromatic heterocycles. The molecule has 2 saturated carbocycles. The Morgan fingerprint density at radius 3 is 2.33 bits per heavy atom. The van der Waals surface area contributed by atoms with E-state index >= 15 is 0 Å². The molecule has 0 radical (unpaired) electrons. The molecule has 2 N–H and O–H groups in total. The average molecular weight is 285 g/mol. The van der Waals surface area contributed by atoms with E-state index in [1.54, 1.807) is 11.3 Å². The van der Waals surface area contributed by atoms with Crippen molar-refractivity contribution in [3.05, 3.63) is 21.3 Å². The number of rotatable bonds is 6. The molecular weight excluding hydrogens is 264 g/mol. The fraction of sp³-hybridized carbons (Fsp3) is 0.714. The molecule has 2 fully saturated rings. The van der Waals surface area contributed by atoms with Crippen LogP contribution in [0.1, 0.15) is 30.6 Å². The van der Waals surface area contributed by atoms with Gasteiger partial charge < -0.3 is 5.73 Å². The highest BCUT2D eigenvalue weighted by Crippen LogP contribution is 2.54. The molecule has 2 aliphatic rings. The first-order valence-corrected chi connectivity index (χ1v) is 8.02. The number of thiophene rings is 1. The van der Waals surface area contributed by atoms with Crippen LogP contribution < -0.4 is 5.73 Å². The molecule has 0 aliphatic heterocycles. The molecule has 0 aromatic carbocycles. The molecule has 0 amide bonds. The molecule has 0 spiro atoms. The van der Waals surface area contributed by atoms with E-state index in [0.717, 1.165) is 29.3 Å². The molecule has 1 heterocycles. The van der Waals surface area contributed by atoms with Gasteiger partial charge in [-0.05, 0) is 56.7 Å². The minimum Gasteiger partial charge on any atom is -0.329 e. The molecule has 0 bridgehead atoms. The van der Waals surface area contributed by atoms with Crippen LogP contribution in [-0.4, -0.2) is 24.0 Å². The summed E-state index contributed by atoms with van der Waals surface area (Å²) in [5, 5.41) is 0. The molecule has 0 atom stereocenters. The predicted molar refractivity (Wildman–Crippen MR) is 78.0 cm³/mol. The summed E-state index contributed by atoms with van der Waals surface area (Å²) in [4.78, 5) is 3.87. The highest BCUT2D eigenvalue weighted by Gasteiger charge is 2.55. The average Bonchev–Trinajstić information content (AvgIpc) is 3.22. The van der Waals surface area contributed by atoms with E-state index in [4.69, 9.17) is 17.3 Å². The second-order valence-corrected chi connectivity index (χ2v) is 7.61. The van der Waals surface area contributed by atoms with E-state index in [-0.39, 0.29) is 5.54 Å². The Labute approximate surface area is 118 Å². The Kier molecular flexibility index (Phi) is 3.43. The van der Waals surface area contributed by atoms with Crippen molar-refractivity contribution in [3.63, 3.8) is 0 Å². The number of nitrogens with zero attached hydrogens (tertiary/aromatic N) is 1. The molecule has 2 aliphatic carbocycles. The SMILES string of the molecule is CN(Cc1ccc(Cl)s1)C(CN)(C1CC1)C1CC1. The number of nitrogens with two attached hydrogens (primary N) is 1. The highest BCUT2D eigenvalue weighted by molar-refractivity contribution is 7.16. The molecule has 100 valence electrons. The quantitative estimate of drug-likeness (QED) is 0.868. The van der Waals surface area contributed by atoms with Gasteiger partial charge in [-0.2, -0.15) is 0 Å². The lowest BCUT2D eigenvalue weighted by Crippen LogP contribution is -2.55. The van der Waals surface area contributed by atoms with Gasteiger partial charge >= 0.3 is 0 Å². The standard InChI is InChI=1S/C14H21ClN2S/c1-17(8-12-6-7-13(15)18-12)14(9-16,10-2-3-10)11-4-5-11/h6-7,10-11H,2-5,8-9,16H2,1H3. The van der Waals surface area contributed by atoms with E-state index in [9.17, 15) is 0 Å². The Morgan fingerprint density at radius 2 is 1.94 bits per heavy atom. The summed E-state index contributed by atoms with van der Waals surface area (Å²) in [5.41, 5.74) is 6.45. The van der Waals surface area contributed by atoms with Crippen LogP contribution >= 0.6 is 22.9 Å². The largest absolute Gasteiger partial charge is 0.329 e. The van der Waals surface area contributed by atoms with Crippen LogP contribution in [0.5, 0.6) is 0 Å². The third-order valence-corrected chi connectivity index (χ3v) is 5.84. The van der Waals surface area contributed by atoms with Crippen LogP contribution in [0.15, 0.2) is 12.1 Å². The van der Waals surface area contributed by atoms with Crippen molar-refractivity contribution >= 4 is 22.9 Å². The van der Waals surface area contributed by atoms with Crippen molar-refractivity contribution in [1.82, 2.24) is 4.90 Å². The molecule has 0 unspecified atom stereocenters. The Hall–Kier alpha value is -0.0900. The van der Waals surface area contributed by atoms with Crippen molar-refractivity contribution in [3.8, 4) is 0 Å². The van der Waals surface area contributed by atoms with Crippen molar-refractivity contribution in [2.24, 2.45) is 17.6 Å². The second kappa shape index (κ2) is 4.78. The normalized spacial score (nSPS) is 20.7. The van der Waals surface area contributed by atoms with E-state index in [1.165, 1.54) is 30.6 Å². The van der Waals surface area contributed by atoms with Crippen LogP contribution in [0.3, 0.4) is 0 Å². The lowest BCUT2D eigenvalue weighted by atomic mass is 9.85. The van der Waals surface area contributed by atoms with Crippen LogP contribution in [0.4, 0.5) is 0 Å². The lowest BCUT2D eigenvalue weighted by molar-refractivity contribution is 0.0716. The smallest absolute Gasteiger partial charge is 0.0931 e. The predicted octanol–water partition coefficient (Wildman–Crippen LogP) is 3.35. The lowest BCUT2D eigenvalue weighted by Gasteiger charge is -2.42. The second-order valence-electron chi connectivity index (χ2n) is 5.81. The van der Waals surface area contributed by atoms with Crippen LogP contribution in [0.25, 0.3) is 0 Å². The van der Waals surface area contributed by atoms with Crippen molar-refractivity contribution < 1.29 is 0 Å². The van der Waals surface area contributed by atoms with Crippen molar-refractivity contribution in [2.75, 3.05) is 13.6 Å². The first-order valence-electron chi connectivity index (χ1n) is 6.82. The zero-order valence-electron chi connectivity index (χ0n) is 10.9. The van der Waals surface area contributed by atoms with E-state index < -0.39 is 0 Å². The monoisotopic (exact) mass is 284 g/mol. The molecule has 1 aromatic rings. The molecular formula is C14H21ClN2S. The fourth-order valence-electron chi connectivity index (χ4n) is 3.43. The Bertz CT molecular complexity index is 411. The van der Waals surface area contributed by atoms with Gasteiger partial charge in [0.2, 0.25) is 0 Å². The zero-order chi connectivity index (χ0) is 12.8. The first kappa shape index (κ1) is 12.9. The number of hydrogen-bond donors (Lipinski definition) is 1. The van der Waals surface area contributed by atoms with Gasteiger partial charge in [0.25, 0.3) is 0 Å². The summed E-state index contributed by atoms with van der Waals surface area (Å²) < 4.78 is 0.884. The maximum Gasteiger partial charge on any atom is 0.0931 e. The third-order valence-electron chi connectivity index (χ3n) is 4.63. The molecule has 2 nitrogen and oxygen atoms in total. The number of halogens is 1. The van der Waals surface area contributed by atoms with Gasteiger partial charge in [-0.15, -0.1) is 11.3 Å². The summed E-state index contributed by atoms with van der Waals surface area (Å²) in [7, 11) is 2.25. The van der Waals surface area contributed by atoms with Crippen molar-refractivity contribution in [1.29, 1.82) is 0 Å². The minimum atomic E-state index is 0.260. The molecule has 18 heavy (non-hydrogen) atoms. The van der Waals surface area contributed by atoms with E-state index in [2.05, 4.69) is 18.0 Å². The maximum absolute atomic E-state index is 6.19. The highest BCUT2D eigenvalue weighted by atomic mass is 35.5. The summed E-state index contributed by atoms with van der Waals surface area (Å²) in [5.74, 6) is 1.66. The summed E-state index contributed by atoms with van der Waals surface area (Å²) in [6, 6.07) is 4.14. The van der Waals surface area contributed by atoms with Crippen LogP contribution in [0.2, 0.25) is 4.34 Å². The summed E-state index contributed by atoms with van der Waals surface area (Å²) in [6.07, 6.45) is 5.46. The Balaban J connectivity index is 1.77. The third kappa shape index (κ3) is 2.22. The van der Waals surface area contributed by atoms with E-state index in [0.29, 0.717) is 0 Å². The van der Waals surface area contributed by atoms with E-state index in [1.807, 2.05) is 6.07 Å². The van der Waals surface area contributed by atoms with Crippen molar-refractivity contribution in [2.45, 2.75) is 37.8 Å². The van der Waals surface area contributed by atoms with Gasteiger partial charge in [-0.3, -0.25) is 4.90 Å². The van der Waals surface area contributed by atoms with Crippen LogP contribution in [0, 0.1) is 11.8 Å². The first-order chi connectivity index (χ1) is 8.66. The van der Waals surface area contributed by atoms with Crippen LogP contribution in [-0.2, 0) is 6.54 Å². The summed E-state index contributed by atoms with van der Waals surface area (Å²) >= 11 is 7.71. The topological polar surface area (TPSA) is 29.3 Å². The fourth-order valence-corrected chi connectivity index (χ4v) is 4.57. The van der Waals surface area contributed by atoms with Gasteiger partial charge in [0.15, 0.2) is 0 Å².